The molecule has 0 radical (unpaired) electrons. The van der Waals surface area contributed by atoms with Crippen molar-refractivity contribution < 1.29 is 9.47 Å². The lowest BCUT2D eigenvalue weighted by atomic mass is 10.1. The number of aryl methyl sites for hydroxylation is 1. The van der Waals surface area contributed by atoms with Crippen LogP contribution in [0, 0.1) is 6.92 Å². The first-order valence-corrected chi connectivity index (χ1v) is 7.01. The van der Waals surface area contributed by atoms with Gasteiger partial charge in [-0.15, -0.1) is 0 Å². The van der Waals surface area contributed by atoms with E-state index < -0.39 is 0 Å². The zero-order valence-electron chi connectivity index (χ0n) is 13.0. The maximum Gasteiger partial charge on any atom is 0.122 e. The molecular weight excluding hydrogens is 264 g/mol. The molecule has 0 saturated heterocycles. The van der Waals surface area contributed by atoms with E-state index in [4.69, 9.17) is 9.47 Å². The van der Waals surface area contributed by atoms with E-state index in [0.717, 1.165) is 22.9 Å². The molecule has 0 amide bonds. The Kier molecular flexibility index (Phi) is 5.17. The van der Waals surface area contributed by atoms with E-state index in [9.17, 15) is 0 Å². The van der Waals surface area contributed by atoms with Crippen LogP contribution in [0.25, 0.3) is 0 Å². The van der Waals surface area contributed by atoms with Crippen LogP contribution >= 0.6 is 0 Å². The number of pyridine rings is 1. The van der Waals surface area contributed by atoms with Crippen molar-refractivity contribution in [2.75, 3.05) is 14.2 Å². The van der Waals surface area contributed by atoms with Gasteiger partial charge >= 0.3 is 0 Å². The Morgan fingerprint density at radius 3 is 2.33 bits per heavy atom. The third-order valence-corrected chi connectivity index (χ3v) is 3.42. The van der Waals surface area contributed by atoms with Gasteiger partial charge in [0.15, 0.2) is 0 Å². The molecule has 0 aliphatic heterocycles. The van der Waals surface area contributed by atoms with Gasteiger partial charge in [-0.2, -0.15) is 0 Å². The molecule has 2 rings (SSSR count). The monoisotopic (exact) mass is 286 g/mol. The standard InChI is InChI=1S/C17H22N2O2/c1-12-9-17(21-4)10-15(19-12)11-18-13(2)14-5-7-16(20-3)8-6-14/h5-10,13,18H,11H2,1-4H3/t13-/m1/s1. The number of aromatic nitrogens is 1. The van der Waals surface area contributed by atoms with Gasteiger partial charge in [0.1, 0.15) is 11.5 Å². The normalized spacial score (nSPS) is 12.0. The van der Waals surface area contributed by atoms with Crippen LogP contribution in [0.15, 0.2) is 36.4 Å². The summed E-state index contributed by atoms with van der Waals surface area (Å²) in [6.07, 6.45) is 0. The van der Waals surface area contributed by atoms with Crippen molar-refractivity contribution in [1.29, 1.82) is 0 Å². The third kappa shape index (κ3) is 4.20. The van der Waals surface area contributed by atoms with Gasteiger partial charge in [0.05, 0.1) is 19.9 Å². The van der Waals surface area contributed by atoms with E-state index in [1.165, 1.54) is 5.56 Å². The molecule has 0 spiro atoms. The second-order valence-corrected chi connectivity index (χ2v) is 5.02. The molecule has 0 unspecified atom stereocenters. The van der Waals surface area contributed by atoms with Crippen molar-refractivity contribution in [3.8, 4) is 11.5 Å². The minimum atomic E-state index is 0.240. The Labute approximate surface area is 126 Å². The topological polar surface area (TPSA) is 43.4 Å². The van der Waals surface area contributed by atoms with Gasteiger partial charge in [0.25, 0.3) is 0 Å². The highest BCUT2D eigenvalue weighted by atomic mass is 16.5. The van der Waals surface area contributed by atoms with Gasteiger partial charge in [-0.1, -0.05) is 12.1 Å². The zero-order valence-corrected chi connectivity index (χ0v) is 13.0. The van der Waals surface area contributed by atoms with E-state index in [0.29, 0.717) is 6.54 Å². The Hall–Kier alpha value is -2.07. The largest absolute Gasteiger partial charge is 0.497 e. The summed E-state index contributed by atoms with van der Waals surface area (Å²) in [7, 11) is 3.35. The summed E-state index contributed by atoms with van der Waals surface area (Å²) in [4.78, 5) is 4.51. The molecule has 112 valence electrons. The minimum absolute atomic E-state index is 0.240. The highest BCUT2D eigenvalue weighted by molar-refractivity contribution is 5.29. The summed E-state index contributed by atoms with van der Waals surface area (Å²) in [5.41, 5.74) is 3.16. The maximum atomic E-state index is 5.27. The molecule has 0 bridgehead atoms. The smallest absolute Gasteiger partial charge is 0.122 e. The highest BCUT2D eigenvalue weighted by Gasteiger charge is 2.07. The fourth-order valence-corrected chi connectivity index (χ4v) is 2.18. The summed E-state index contributed by atoms with van der Waals surface area (Å²) in [5.74, 6) is 1.72. The fraction of sp³-hybridized carbons (Fsp3) is 0.353. The van der Waals surface area contributed by atoms with Crippen molar-refractivity contribution in [2.45, 2.75) is 26.4 Å². The van der Waals surface area contributed by atoms with Crippen molar-refractivity contribution in [3.63, 3.8) is 0 Å². The van der Waals surface area contributed by atoms with Crippen molar-refractivity contribution in [3.05, 3.63) is 53.3 Å². The highest BCUT2D eigenvalue weighted by Crippen LogP contribution is 2.18. The van der Waals surface area contributed by atoms with Gasteiger partial charge in [-0.25, -0.2) is 0 Å². The lowest BCUT2D eigenvalue weighted by molar-refractivity contribution is 0.412. The van der Waals surface area contributed by atoms with Crippen LogP contribution < -0.4 is 14.8 Å². The average Bonchev–Trinajstić information content (AvgIpc) is 2.52. The summed E-state index contributed by atoms with van der Waals surface area (Å²) in [6, 6.07) is 12.2. The van der Waals surface area contributed by atoms with Crippen LogP contribution in [0.5, 0.6) is 11.5 Å². The number of nitrogens with one attached hydrogen (secondary N) is 1. The average molecular weight is 286 g/mol. The van der Waals surface area contributed by atoms with Gasteiger partial charge in [0.2, 0.25) is 0 Å². The molecule has 0 saturated carbocycles. The fourth-order valence-electron chi connectivity index (χ4n) is 2.18. The Morgan fingerprint density at radius 1 is 1.05 bits per heavy atom. The predicted octanol–water partition coefficient (Wildman–Crippen LogP) is 3.26. The van der Waals surface area contributed by atoms with Gasteiger partial charge in [0, 0.05) is 30.4 Å². The first-order chi connectivity index (χ1) is 10.1. The molecule has 4 nitrogen and oxygen atoms in total. The molecule has 4 heteroatoms. The maximum absolute atomic E-state index is 5.27. The summed E-state index contributed by atoms with van der Waals surface area (Å²) >= 11 is 0. The number of ether oxygens (including phenoxy) is 2. The van der Waals surface area contributed by atoms with Crippen LogP contribution in [0.3, 0.4) is 0 Å². The molecular formula is C17H22N2O2. The van der Waals surface area contributed by atoms with Gasteiger partial charge in [-0.3, -0.25) is 4.98 Å². The van der Waals surface area contributed by atoms with Gasteiger partial charge in [-0.05, 0) is 31.5 Å². The second-order valence-electron chi connectivity index (χ2n) is 5.02. The molecule has 1 N–H and O–H groups in total. The molecule has 0 fully saturated rings. The molecule has 21 heavy (non-hydrogen) atoms. The lowest BCUT2D eigenvalue weighted by Crippen LogP contribution is -2.19. The van der Waals surface area contributed by atoms with Crippen LogP contribution in [-0.2, 0) is 6.54 Å². The van der Waals surface area contributed by atoms with Crippen molar-refractivity contribution >= 4 is 0 Å². The number of rotatable bonds is 6. The molecule has 1 aromatic carbocycles. The molecule has 1 aromatic heterocycles. The number of methoxy groups -OCH3 is 2. The summed E-state index contributed by atoms with van der Waals surface area (Å²) in [6.45, 7) is 4.80. The number of benzene rings is 1. The molecule has 0 aliphatic rings. The van der Waals surface area contributed by atoms with E-state index in [1.807, 2.05) is 31.2 Å². The number of hydrogen-bond donors (Lipinski definition) is 1. The van der Waals surface area contributed by atoms with Crippen molar-refractivity contribution in [1.82, 2.24) is 10.3 Å². The third-order valence-electron chi connectivity index (χ3n) is 3.42. The van der Waals surface area contributed by atoms with E-state index in [2.05, 4.69) is 29.4 Å². The van der Waals surface area contributed by atoms with Gasteiger partial charge < -0.3 is 14.8 Å². The SMILES string of the molecule is COc1ccc([C@@H](C)NCc2cc(OC)cc(C)n2)cc1. The van der Waals surface area contributed by atoms with E-state index in [1.54, 1.807) is 14.2 Å². The molecule has 0 aliphatic carbocycles. The van der Waals surface area contributed by atoms with E-state index in [-0.39, 0.29) is 6.04 Å². The van der Waals surface area contributed by atoms with Crippen LogP contribution in [0.4, 0.5) is 0 Å². The first-order valence-electron chi connectivity index (χ1n) is 7.01. The van der Waals surface area contributed by atoms with Crippen molar-refractivity contribution in [2.24, 2.45) is 0 Å². The number of hydrogen-bond acceptors (Lipinski definition) is 4. The van der Waals surface area contributed by atoms with Crippen LogP contribution in [0.1, 0.15) is 29.9 Å². The zero-order chi connectivity index (χ0) is 15.2. The molecule has 1 atom stereocenters. The Balaban J connectivity index is 1.99. The predicted molar refractivity (Wildman–Crippen MR) is 83.8 cm³/mol. The number of nitrogens with zero attached hydrogens (tertiary/aromatic N) is 1. The molecule has 2 aromatic rings. The second kappa shape index (κ2) is 7.09. The Bertz CT molecular complexity index is 582. The minimum Gasteiger partial charge on any atom is -0.497 e. The summed E-state index contributed by atoms with van der Waals surface area (Å²) < 4.78 is 10.4. The lowest BCUT2D eigenvalue weighted by Gasteiger charge is -2.15. The van der Waals surface area contributed by atoms with Crippen LogP contribution in [0.2, 0.25) is 0 Å². The quantitative estimate of drug-likeness (QED) is 0.885. The summed E-state index contributed by atoms with van der Waals surface area (Å²) in [5, 5.41) is 3.47. The molecule has 1 heterocycles. The van der Waals surface area contributed by atoms with Crippen LogP contribution in [-0.4, -0.2) is 19.2 Å². The van der Waals surface area contributed by atoms with E-state index >= 15 is 0 Å². The first kappa shape index (κ1) is 15.3. The Morgan fingerprint density at radius 2 is 1.71 bits per heavy atom.